The van der Waals surface area contributed by atoms with Gasteiger partial charge < -0.3 is 4.40 Å². The molecule has 0 aromatic carbocycles. The van der Waals surface area contributed by atoms with Crippen LogP contribution in [0.25, 0.3) is 5.65 Å². The zero-order valence-corrected chi connectivity index (χ0v) is 13.0. The van der Waals surface area contributed by atoms with E-state index in [0.717, 1.165) is 11.3 Å². The minimum absolute atomic E-state index is 0.154. The molecule has 3 aromatic rings. The summed E-state index contributed by atoms with van der Waals surface area (Å²) < 4.78 is 25.3. The topological polar surface area (TPSA) is 108 Å². The number of hydrogen-bond acceptors (Lipinski definition) is 5. The fraction of sp³-hybridized carbons (Fsp3) is 0.250. The zero-order chi connectivity index (χ0) is 15.7. The van der Waals surface area contributed by atoms with Crippen molar-refractivity contribution in [2.24, 2.45) is 5.14 Å². The predicted molar refractivity (Wildman–Crippen MR) is 81.0 cm³/mol. The molecule has 0 amide bonds. The standard InChI is InChI=1S/C12H13ClN6O2S/c13-9-1-2-12-15-11(6-18(12)5-9)8-19-7-10(16-17-19)3-4-22(14,20)21/h1-2,5-7H,3-4,8H2,(H2,14,20,21). The van der Waals surface area contributed by atoms with Crippen LogP contribution >= 0.6 is 11.6 Å². The summed E-state index contributed by atoms with van der Waals surface area (Å²) in [6.45, 7) is 0.432. The summed E-state index contributed by atoms with van der Waals surface area (Å²) in [5.41, 5.74) is 2.15. The van der Waals surface area contributed by atoms with E-state index in [0.29, 0.717) is 17.3 Å². The van der Waals surface area contributed by atoms with Crippen LogP contribution < -0.4 is 5.14 Å². The first-order valence-electron chi connectivity index (χ1n) is 6.42. The van der Waals surface area contributed by atoms with E-state index in [4.69, 9.17) is 16.7 Å². The lowest BCUT2D eigenvalue weighted by atomic mass is 10.4. The lowest BCUT2D eigenvalue weighted by molar-refractivity contribution is 0.596. The van der Waals surface area contributed by atoms with Crippen LogP contribution in [-0.2, 0) is 23.0 Å². The van der Waals surface area contributed by atoms with E-state index in [-0.39, 0.29) is 12.2 Å². The second-order valence-electron chi connectivity index (χ2n) is 4.87. The summed E-state index contributed by atoms with van der Waals surface area (Å²) >= 11 is 5.93. The summed E-state index contributed by atoms with van der Waals surface area (Å²) in [7, 11) is -3.50. The molecule has 0 saturated heterocycles. The molecule has 3 aromatic heterocycles. The van der Waals surface area contributed by atoms with Crippen molar-refractivity contribution in [3.8, 4) is 0 Å². The Balaban J connectivity index is 1.73. The van der Waals surface area contributed by atoms with Crippen molar-refractivity contribution in [2.75, 3.05) is 5.75 Å². The highest BCUT2D eigenvalue weighted by Gasteiger charge is 2.08. The maximum absolute atomic E-state index is 10.9. The van der Waals surface area contributed by atoms with Crippen LogP contribution in [0, 0.1) is 0 Å². The molecule has 3 heterocycles. The average molecular weight is 341 g/mol. The number of sulfonamides is 1. The van der Waals surface area contributed by atoms with Crippen LogP contribution in [0.4, 0.5) is 0 Å². The van der Waals surface area contributed by atoms with Gasteiger partial charge in [0.05, 0.1) is 28.7 Å². The number of imidazole rings is 1. The lowest BCUT2D eigenvalue weighted by Crippen LogP contribution is -2.18. The summed E-state index contributed by atoms with van der Waals surface area (Å²) in [6.07, 6.45) is 5.54. The van der Waals surface area contributed by atoms with Gasteiger partial charge in [-0.1, -0.05) is 16.8 Å². The van der Waals surface area contributed by atoms with Gasteiger partial charge in [0.15, 0.2) is 0 Å². The number of pyridine rings is 1. The summed E-state index contributed by atoms with van der Waals surface area (Å²) in [5.74, 6) is -0.154. The first-order valence-corrected chi connectivity index (χ1v) is 8.51. The van der Waals surface area contributed by atoms with Crippen molar-refractivity contribution in [1.29, 1.82) is 0 Å². The Hall–Kier alpha value is -1.97. The zero-order valence-electron chi connectivity index (χ0n) is 11.4. The molecule has 22 heavy (non-hydrogen) atoms. The molecule has 116 valence electrons. The molecule has 0 atom stereocenters. The quantitative estimate of drug-likeness (QED) is 0.725. The second kappa shape index (κ2) is 5.67. The van der Waals surface area contributed by atoms with Gasteiger partial charge in [0.1, 0.15) is 5.65 Å². The maximum Gasteiger partial charge on any atom is 0.209 e. The molecule has 2 N–H and O–H groups in total. The minimum atomic E-state index is -3.50. The lowest BCUT2D eigenvalue weighted by Gasteiger charge is -1.95. The van der Waals surface area contributed by atoms with Crippen LogP contribution in [0.3, 0.4) is 0 Å². The molecule has 0 aliphatic rings. The Morgan fingerprint density at radius 2 is 2.00 bits per heavy atom. The Kier molecular flexibility index (Phi) is 3.85. The normalized spacial score (nSPS) is 12.1. The number of hydrogen-bond donors (Lipinski definition) is 1. The Bertz CT molecular complexity index is 917. The molecule has 0 fully saturated rings. The fourth-order valence-electron chi connectivity index (χ4n) is 2.04. The van der Waals surface area contributed by atoms with Crippen molar-refractivity contribution in [2.45, 2.75) is 13.0 Å². The molecular weight excluding hydrogens is 328 g/mol. The van der Waals surface area contributed by atoms with E-state index in [1.165, 1.54) is 0 Å². The number of fused-ring (bicyclic) bond motifs is 1. The number of halogens is 1. The van der Waals surface area contributed by atoms with Gasteiger partial charge in [0, 0.05) is 25.0 Å². The summed E-state index contributed by atoms with van der Waals surface area (Å²) in [4.78, 5) is 4.44. The molecule has 0 aliphatic heterocycles. The number of nitrogens with zero attached hydrogens (tertiary/aromatic N) is 5. The first kappa shape index (κ1) is 14.9. The number of primary sulfonamides is 1. The van der Waals surface area contributed by atoms with Crippen molar-refractivity contribution < 1.29 is 8.42 Å². The van der Waals surface area contributed by atoms with Gasteiger partial charge in [-0.2, -0.15) is 0 Å². The largest absolute Gasteiger partial charge is 0.305 e. The van der Waals surface area contributed by atoms with E-state index < -0.39 is 10.0 Å². The molecule has 0 saturated carbocycles. The molecule has 0 bridgehead atoms. The van der Waals surface area contributed by atoms with Gasteiger partial charge in [-0.25, -0.2) is 23.2 Å². The van der Waals surface area contributed by atoms with E-state index >= 15 is 0 Å². The molecule has 0 radical (unpaired) electrons. The molecule has 3 rings (SSSR count). The van der Waals surface area contributed by atoms with Crippen molar-refractivity contribution in [3.05, 3.63) is 47.1 Å². The number of aromatic nitrogens is 5. The van der Waals surface area contributed by atoms with Crippen LogP contribution in [-0.4, -0.2) is 38.5 Å². The molecule has 10 heteroatoms. The third-order valence-electron chi connectivity index (χ3n) is 3.02. The van der Waals surface area contributed by atoms with Gasteiger partial charge in [-0.3, -0.25) is 0 Å². The van der Waals surface area contributed by atoms with Gasteiger partial charge in [0.25, 0.3) is 0 Å². The minimum Gasteiger partial charge on any atom is -0.305 e. The molecule has 8 nitrogen and oxygen atoms in total. The van der Waals surface area contributed by atoms with Crippen molar-refractivity contribution in [3.63, 3.8) is 0 Å². The molecular formula is C12H13ClN6O2S. The highest BCUT2D eigenvalue weighted by Crippen LogP contribution is 2.12. The number of nitrogens with two attached hydrogens (primary N) is 1. The second-order valence-corrected chi connectivity index (χ2v) is 7.04. The molecule has 0 spiro atoms. The summed E-state index contributed by atoms with van der Waals surface area (Å²) in [5, 5.41) is 13.5. The number of rotatable bonds is 5. The maximum atomic E-state index is 10.9. The molecule has 0 unspecified atom stereocenters. The first-order chi connectivity index (χ1) is 10.4. The highest BCUT2D eigenvalue weighted by atomic mass is 35.5. The third-order valence-corrected chi connectivity index (χ3v) is 4.01. The van der Waals surface area contributed by atoms with Crippen molar-refractivity contribution in [1.82, 2.24) is 24.4 Å². The fourth-order valence-corrected chi connectivity index (χ4v) is 2.70. The van der Waals surface area contributed by atoms with Gasteiger partial charge in [-0.15, -0.1) is 5.10 Å². The van der Waals surface area contributed by atoms with Crippen LogP contribution in [0.5, 0.6) is 0 Å². The van der Waals surface area contributed by atoms with Crippen LogP contribution in [0.15, 0.2) is 30.7 Å². The third kappa shape index (κ3) is 3.62. The van der Waals surface area contributed by atoms with Crippen LogP contribution in [0.2, 0.25) is 5.02 Å². The average Bonchev–Trinajstić information content (AvgIpc) is 3.02. The Labute approximate surface area is 131 Å². The van der Waals surface area contributed by atoms with Gasteiger partial charge in [-0.05, 0) is 12.1 Å². The monoisotopic (exact) mass is 340 g/mol. The number of aryl methyl sites for hydroxylation is 1. The van der Waals surface area contributed by atoms with E-state index in [1.54, 1.807) is 23.1 Å². The van der Waals surface area contributed by atoms with E-state index in [2.05, 4.69) is 15.3 Å². The van der Waals surface area contributed by atoms with E-state index in [9.17, 15) is 8.42 Å². The Morgan fingerprint density at radius 3 is 2.77 bits per heavy atom. The Morgan fingerprint density at radius 1 is 1.18 bits per heavy atom. The highest BCUT2D eigenvalue weighted by molar-refractivity contribution is 7.89. The van der Waals surface area contributed by atoms with E-state index in [1.807, 2.05) is 16.7 Å². The van der Waals surface area contributed by atoms with Crippen molar-refractivity contribution >= 4 is 27.3 Å². The van der Waals surface area contributed by atoms with Gasteiger partial charge in [0.2, 0.25) is 10.0 Å². The SMILES string of the molecule is NS(=O)(=O)CCc1cn(Cc2cn3cc(Cl)ccc3n2)nn1. The van der Waals surface area contributed by atoms with Gasteiger partial charge >= 0.3 is 0 Å². The summed E-state index contributed by atoms with van der Waals surface area (Å²) in [6, 6.07) is 3.60. The van der Waals surface area contributed by atoms with Crippen LogP contribution in [0.1, 0.15) is 11.4 Å². The smallest absolute Gasteiger partial charge is 0.209 e. The predicted octanol–water partition coefficient (Wildman–Crippen LogP) is 0.459. The molecule has 0 aliphatic carbocycles.